The zero-order chi connectivity index (χ0) is 13.5. The van der Waals surface area contributed by atoms with Gasteiger partial charge in [-0.2, -0.15) is 0 Å². The Labute approximate surface area is 113 Å². The smallest absolute Gasteiger partial charge is 0.221 e. The molecule has 0 aromatic heterocycles. The number of amides is 1. The summed E-state index contributed by atoms with van der Waals surface area (Å²) in [5.41, 5.74) is 0. The summed E-state index contributed by atoms with van der Waals surface area (Å²) in [4.78, 5) is 11.4. The van der Waals surface area contributed by atoms with Crippen molar-refractivity contribution in [3.05, 3.63) is 0 Å². The molecule has 3 heteroatoms. The predicted molar refractivity (Wildman–Crippen MR) is 78.8 cm³/mol. The van der Waals surface area contributed by atoms with E-state index in [1.54, 1.807) is 0 Å². The highest BCUT2D eigenvalue weighted by atomic mass is 16.1. The molecule has 0 saturated heterocycles. The third kappa shape index (κ3) is 13.5. The highest BCUT2D eigenvalue weighted by Gasteiger charge is 1.99. The summed E-state index contributed by atoms with van der Waals surface area (Å²) >= 11 is 0. The Morgan fingerprint density at radius 3 is 2.06 bits per heavy atom. The van der Waals surface area contributed by atoms with Crippen LogP contribution in [0, 0.1) is 0 Å². The van der Waals surface area contributed by atoms with Crippen molar-refractivity contribution in [1.82, 2.24) is 10.6 Å². The van der Waals surface area contributed by atoms with Crippen LogP contribution in [0.4, 0.5) is 0 Å². The number of rotatable bonds is 13. The van der Waals surface area contributed by atoms with Gasteiger partial charge < -0.3 is 10.6 Å². The van der Waals surface area contributed by atoms with Crippen molar-refractivity contribution in [3.8, 4) is 0 Å². The molecule has 0 bridgehead atoms. The van der Waals surface area contributed by atoms with E-state index in [2.05, 4.69) is 24.5 Å². The predicted octanol–water partition coefficient (Wildman–Crippen LogP) is 3.24. The van der Waals surface area contributed by atoms with Crippen LogP contribution in [-0.4, -0.2) is 25.5 Å². The van der Waals surface area contributed by atoms with Crippen molar-refractivity contribution in [2.45, 2.75) is 71.6 Å². The molecule has 0 fully saturated rings. The van der Waals surface area contributed by atoms with Crippen LogP contribution in [0.5, 0.6) is 0 Å². The molecule has 18 heavy (non-hydrogen) atoms. The fraction of sp³-hybridized carbons (Fsp3) is 0.933. The second-order valence-electron chi connectivity index (χ2n) is 4.93. The Kier molecular flexibility index (Phi) is 14.0. The average Bonchev–Trinajstić information content (AvgIpc) is 2.37. The third-order valence-corrected chi connectivity index (χ3v) is 3.13. The van der Waals surface area contributed by atoms with E-state index in [0.29, 0.717) is 6.42 Å². The topological polar surface area (TPSA) is 41.1 Å². The zero-order valence-electron chi connectivity index (χ0n) is 12.4. The molecule has 0 unspecified atom stereocenters. The van der Waals surface area contributed by atoms with Gasteiger partial charge in [0.05, 0.1) is 0 Å². The van der Waals surface area contributed by atoms with Crippen LogP contribution in [0.3, 0.4) is 0 Å². The molecule has 1 amide bonds. The molecule has 3 nitrogen and oxygen atoms in total. The Bertz CT molecular complexity index is 183. The summed E-state index contributed by atoms with van der Waals surface area (Å²) in [6, 6.07) is 0. The molecule has 0 atom stereocenters. The maximum Gasteiger partial charge on any atom is 0.221 e. The Balaban J connectivity index is 3.08. The number of carbonyl (C=O) groups excluding carboxylic acids is 1. The number of nitrogens with one attached hydrogen (secondary N) is 2. The molecule has 2 N–H and O–H groups in total. The maximum absolute atomic E-state index is 11.4. The van der Waals surface area contributed by atoms with Gasteiger partial charge in [0.15, 0.2) is 0 Å². The highest BCUT2D eigenvalue weighted by Crippen LogP contribution is 2.07. The van der Waals surface area contributed by atoms with Gasteiger partial charge in [0, 0.05) is 19.5 Å². The SMILES string of the molecule is CCCCCCCCCCNC(=O)CCNCC. The molecule has 108 valence electrons. The molecule has 0 aromatic rings. The first kappa shape index (κ1) is 17.4. The van der Waals surface area contributed by atoms with E-state index in [0.717, 1.165) is 26.1 Å². The quantitative estimate of drug-likeness (QED) is 0.497. The molecule has 0 aliphatic rings. The number of hydrogen-bond donors (Lipinski definition) is 2. The molecule has 0 aliphatic carbocycles. The lowest BCUT2D eigenvalue weighted by Crippen LogP contribution is -2.28. The average molecular weight is 256 g/mol. The van der Waals surface area contributed by atoms with Gasteiger partial charge in [-0.1, -0.05) is 58.8 Å². The van der Waals surface area contributed by atoms with Crippen LogP contribution in [0.1, 0.15) is 71.6 Å². The van der Waals surface area contributed by atoms with Gasteiger partial charge in [0.1, 0.15) is 0 Å². The summed E-state index contributed by atoms with van der Waals surface area (Å²) in [5.74, 6) is 0.180. The Morgan fingerprint density at radius 2 is 1.44 bits per heavy atom. The number of unbranched alkanes of at least 4 members (excludes halogenated alkanes) is 7. The minimum Gasteiger partial charge on any atom is -0.356 e. The van der Waals surface area contributed by atoms with Crippen molar-refractivity contribution < 1.29 is 4.79 Å². The Morgan fingerprint density at radius 1 is 0.833 bits per heavy atom. The van der Waals surface area contributed by atoms with E-state index < -0.39 is 0 Å². The minimum absolute atomic E-state index is 0.180. The first-order chi connectivity index (χ1) is 8.81. The molecule has 0 spiro atoms. The lowest BCUT2D eigenvalue weighted by Gasteiger charge is -2.05. The fourth-order valence-corrected chi connectivity index (χ4v) is 1.95. The second-order valence-corrected chi connectivity index (χ2v) is 4.93. The van der Waals surface area contributed by atoms with Gasteiger partial charge in [-0.3, -0.25) is 4.79 Å². The fourth-order valence-electron chi connectivity index (χ4n) is 1.95. The highest BCUT2D eigenvalue weighted by molar-refractivity contribution is 5.75. The van der Waals surface area contributed by atoms with Gasteiger partial charge in [-0.25, -0.2) is 0 Å². The lowest BCUT2D eigenvalue weighted by atomic mass is 10.1. The molecule has 0 heterocycles. The van der Waals surface area contributed by atoms with Crippen molar-refractivity contribution in [1.29, 1.82) is 0 Å². The van der Waals surface area contributed by atoms with Gasteiger partial charge in [0.25, 0.3) is 0 Å². The molecule has 0 rings (SSSR count). The van der Waals surface area contributed by atoms with Crippen molar-refractivity contribution in [3.63, 3.8) is 0 Å². The largest absolute Gasteiger partial charge is 0.356 e. The van der Waals surface area contributed by atoms with Crippen molar-refractivity contribution in [2.75, 3.05) is 19.6 Å². The van der Waals surface area contributed by atoms with Crippen LogP contribution in [-0.2, 0) is 4.79 Å². The van der Waals surface area contributed by atoms with E-state index >= 15 is 0 Å². The van der Waals surface area contributed by atoms with Crippen LogP contribution in [0.25, 0.3) is 0 Å². The monoisotopic (exact) mass is 256 g/mol. The summed E-state index contributed by atoms with van der Waals surface area (Å²) < 4.78 is 0. The minimum atomic E-state index is 0.180. The molecule has 0 aromatic carbocycles. The third-order valence-electron chi connectivity index (χ3n) is 3.13. The first-order valence-electron chi connectivity index (χ1n) is 7.78. The van der Waals surface area contributed by atoms with Gasteiger partial charge in [-0.15, -0.1) is 0 Å². The van der Waals surface area contributed by atoms with E-state index in [1.165, 1.54) is 44.9 Å². The van der Waals surface area contributed by atoms with E-state index in [1.807, 2.05) is 0 Å². The van der Waals surface area contributed by atoms with Gasteiger partial charge >= 0.3 is 0 Å². The van der Waals surface area contributed by atoms with Crippen LogP contribution in [0.15, 0.2) is 0 Å². The van der Waals surface area contributed by atoms with E-state index in [9.17, 15) is 4.79 Å². The normalized spacial score (nSPS) is 10.6. The summed E-state index contributed by atoms with van der Waals surface area (Å²) in [6.07, 6.45) is 11.1. The van der Waals surface area contributed by atoms with Gasteiger partial charge in [0.2, 0.25) is 5.91 Å². The van der Waals surface area contributed by atoms with Crippen molar-refractivity contribution >= 4 is 5.91 Å². The van der Waals surface area contributed by atoms with Crippen LogP contribution < -0.4 is 10.6 Å². The second kappa shape index (κ2) is 14.5. The molecular formula is C15H32N2O. The molecule has 0 saturated carbocycles. The standard InChI is InChI=1S/C15H32N2O/c1-3-5-6-7-8-9-10-11-13-17-15(18)12-14-16-4-2/h16H,3-14H2,1-2H3,(H,17,18). The Hall–Kier alpha value is -0.570. The van der Waals surface area contributed by atoms with E-state index in [4.69, 9.17) is 0 Å². The molecule has 0 aliphatic heterocycles. The molecule has 0 radical (unpaired) electrons. The number of carbonyl (C=O) groups is 1. The maximum atomic E-state index is 11.4. The summed E-state index contributed by atoms with van der Waals surface area (Å²) in [6.45, 7) is 6.88. The van der Waals surface area contributed by atoms with Crippen LogP contribution >= 0.6 is 0 Å². The summed E-state index contributed by atoms with van der Waals surface area (Å²) in [7, 11) is 0. The van der Waals surface area contributed by atoms with Crippen LogP contribution in [0.2, 0.25) is 0 Å². The lowest BCUT2D eigenvalue weighted by molar-refractivity contribution is -0.121. The van der Waals surface area contributed by atoms with Crippen molar-refractivity contribution in [2.24, 2.45) is 0 Å². The van der Waals surface area contributed by atoms with E-state index in [-0.39, 0.29) is 5.91 Å². The zero-order valence-corrected chi connectivity index (χ0v) is 12.4. The molecular weight excluding hydrogens is 224 g/mol. The summed E-state index contributed by atoms with van der Waals surface area (Å²) in [5, 5.41) is 6.13. The van der Waals surface area contributed by atoms with Gasteiger partial charge in [-0.05, 0) is 13.0 Å². The number of hydrogen-bond acceptors (Lipinski definition) is 2. The first-order valence-corrected chi connectivity index (χ1v) is 7.78.